The normalized spacial score (nSPS) is 12.8. The van der Waals surface area contributed by atoms with Crippen molar-refractivity contribution in [2.24, 2.45) is 0 Å². The van der Waals surface area contributed by atoms with Gasteiger partial charge in [-0.3, -0.25) is 38.3 Å². The van der Waals surface area contributed by atoms with Gasteiger partial charge in [0.2, 0.25) is 5.78 Å². The number of Topliss-reactive ketones (excluding diaryl/α,β-unsaturated/α-hetero) is 1. The third-order valence-electron chi connectivity index (χ3n) is 17.2. The molecule has 46 heteroatoms. The molecular weight excluding hydrogens is 1970 g/mol. The number of aromatic nitrogens is 11. The van der Waals surface area contributed by atoms with Gasteiger partial charge in [0.15, 0.2) is 28.3 Å². The molecule has 0 bridgehead atoms. The molecule has 28 nitrogen and oxygen atoms in total. The van der Waals surface area contributed by atoms with Gasteiger partial charge in [-0.05, 0) is 173 Å². The minimum Gasteiger partial charge on any atom is -0.481 e. The minimum atomic E-state index is -4.68. The van der Waals surface area contributed by atoms with Gasteiger partial charge in [0.05, 0.1) is 83.8 Å². The fourth-order valence-electron chi connectivity index (χ4n) is 10.7. The Morgan fingerprint density at radius 1 is 0.544 bits per heavy atom. The molecule has 0 spiro atoms. The van der Waals surface area contributed by atoms with Gasteiger partial charge in [0.1, 0.15) is 16.1 Å². The van der Waals surface area contributed by atoms with Crippen LogP contribution < -0.4 is 31.3 Å². The first-order chi connectivity index (χ1) is 57.7. The molecule has 11 aromatic rings. The number of benzene rings is 4. The van der Waals surface area contributed by atoms with E-state index in [1.54, 1.807) is 107 Å². The van der Waals surface area contributed by atoms with Crippen LogP contribution in [0, 0.1) is 69.2 Å². The van der Waals surface area contributed by atoms with E-state index in [0.29, 0.717) is 64.9 Å². The summed E-state index contributed by atoms with van der Waals surface area (Å²) in [6.07, 6.45) is -5.52. The number of carbonyl (C=O) groups is 4. The van der Waals surface area contributed by atoms with Crippen molar-refractivity contribution in [3.63, 3.8) is 0 Å². The van der Waals surface area contributed by atoms with E-state index in [0.717, 1.165) is 64.8 Å². The van der Waals surface area contributed by atoms with Gasteiger partial charge in [-0.15, -0.1) is 0 Å². The van der Waals surface area contributed by atoms with Crippen LogP contribution in [0.1, 0.15) is 133 Å². The second kappa shape index (κ2) is 46.1. The van der Waals surface area contributed by atoms with E-state index in [4.69, 9.17) is 30.0 Å². The lowest BCUT2D eigenvalue weighted by molar-refractivity contribution is -0.167. The molecule has 125 heavy (non-hydrogen) atoms. The van der Waals surface area contributed by atoms with Crippen LogP contribution in [0.2, 0.25) is 0 Å². The van der Waals surface area contributed by atoms with Gasteiger partial charge in [-0.25, -0.2) is 55.8 Å². The Morgan fingerprint density at radius 3 is 1.30 bits per heavy atom. The van der Waals surface area contributed by atoms with Crippen LogP contribution in [-0.2, 0) is 70.1 Å². The predicted octanol–water partition coefficient (Wildman–Crippen LogP) is 16.7. The lowest BCUT2D eigenvalue weighted by atomic mass is 9.79. The second-order valence-corrected chi connectivity index (χ2v) is 33.0. The number of aliphatic hydroxyl groups excluding tert-OH is 1. The van der Waals surface area contributed by atoms with E-state index in [2.05, 4.69) is 111 Å². The highest BCUT2D eigenvalue weighted by atomic mass is 80.9. The number of nitrogen functional groups attached to an aromatic ring is 1. The zero-order valence-corrected chi connectivity index (χ0v) is 78.4. The van der Waals surface area contributed by atoms with Crippen molar-refractivity contribution in [2.45, 2.75) is 176 Å². The van der Waals surface area contributed by atoms with Crippen molar-refractivity contribution in [3.8, 4) is 11.3 Å². The number of carboxylic acids is 1. The van der Waals surface area contributed by atoms with Crippen LogP contribution in [0.5, 0.6) is 0 Å². The lowest BCUT2D eigenvalue weighted by Crippen LogP contribution is -2.41. The number of carbonyl (C=O) groups excluding carboxylic acids is 3. The number of aliphatic hydroxyl groups is 1. The summed E-state index contributed by atoms with van der Waals surface area (Å²) in [5, 5.41) is 19.4. The number of halogens is 15. The number of amides is 4. The maximum atomic E-state index is 13.8. The molecule has 7 aromatic heterocycles. The topological polar surface area (TPSA) is 386 Å². The number of imidazole rings is 3. The van der Waals surface area contributed by atoms with Crippen LogP contribution in [0.25, 0.3) is 28.2 Å². The molecule has 680 valence electrons. The number of hydrogen-bond acceptors (Lipinski definition) is 20. The number of nitrogens with zero attached hydrogens (tertiary/aromatic N) is 11. The molecule has 1 fully saturated rings. The van der Waals surface area contributed by atoms with E-state index >= 15 is 0 Å². The second-order valence-electron chi connectivity index (χ2n) is 28.3. The van der Waals surface area contributed by atoms with Crippen molar-refractivity contribution in [2.75, 3.05) is 30.8 Å². The predicted molar refractivity (Wildman–Crippen MR) is 464 cm³/mol. The average molecular weight is 2060 g/mol. The highest BCUT2D eigenvalue weighted by Crippen LogP contribution is 2.40. The molecule has 0 atom stereocenters. The van der Waals surface area contributed by atoms with Gasteiger partial charge < -0.3 is 40.3 Å². The van der Waals surface area contributed by atoms with Crippen molar-refractivity contribution in [3.05, 3.63) is 218 Å². The molecule has 0 saturated carbocycles. The molecule has 1 aliphatic heterocycles. The zero-order valence-electron chi connectivity index (χ0n) is 70.4. The van der Waals surface area contributed by atoms with Gasteiger partial charge in [-0.1, -0.05) is 99.9 Å². The summed E-state index contributed by atoms with van der Waals surface area (Å²) < 4.78 is 208. The van der Waals surface area contributed by atoms with E-state index in [1.165, 1.54) is 45.5 Å². The first-order valence-corrected chi connectivity index (χ1v) is 45.5. The number of anilines is 1. The minimum absolute atomic E-state index is 0.0318. The molecule has 0 radical (unpaired) electrons. The number of ketones is 1. The van der Waals surface area contributed by atoms with Crippen LogP contribution in [0.15, 0.2) is 142 Å². The highest BCUT2D eigenvalue weighted by Gasteiger charge is 2.52. The number of urea groups is 2. The number of nitrogens with two attached hydrogens (primary N) is 1. The number of aliphatic carboxylic acids is 1. The molecule has 0 unspecified atom stereocenters. The Bertz CT molecular complexity index is 5720. The van der Waals surface area contributed by atoms with Gasteiger partial charge in [0, 0.05) is 92.2 Å². The van der Waals surface area contributed by atoms with Crippen molar-refractivity contribution in [1.82, 2.24) is 73.2 Å². The Kier molecular flexibility index (Phi) is 39.7. The first-order valence-electron chi connectivity index (χ1n) is 36.9. The summed E-state index contributed by atoms with van der Waals surface area (Å²) in [6.45, 7) is 29.9. The SMILES string of the molecule is BrBr.CC(=O)O.CCO.Cc1ccc(S(=O)(=O)NC(=O)NCCc2ccc(-c3c(C(F)(F)F)nc4c(C)nc(C)cn34)cc2)cc1.Cc1ccc(S(=O)(=O)NC(=O)NCCc2ccc(B3OC(C)(C)C(C)(C)O3)cc2)cc1.Cc1cn2c(Br)c(C(C)(F)F)nc2c(C)n1.Cc1cn2cc(C(F)(F)F)nc2c(C)n1.Cc1cnc(N)c(C)n1.O=C(CBr)C(F)(F)F. The summed E-state index contributed by atoms with van der Waals surface area (Å²) in [4.78, 5) is 74.4. The largest absolute Gasteiger partial charge is 0.494 e. The summed E-state index contributed by atoms with van der Waals surface area (Å²) in [5.74, 6) is -5.04. The monoisotopic (exact) mass is 2060 g/mol. The van der Waals surface area contributed by atoms with Crippen LogP contribution >= 0.6 is 60.1 Å². The molecule has 0 aliphatic carbocycles. The molecule has 8 heterocycles. The van der Waals surface area contributed by atoms with Gasteiger partial charge >= 0.3 is 37.7 Å². The highest BCUT2D eigenvalue weighted by molar-refractivity contribution is 9.93. The Balaban J connectivity index is 0.000000331. The molecule has 4 aromatic carbocycles. The molecule has 1 aliphatic rings. The van der Waals surface area contributed by atoms with Crippen molar-refractivity contribution < 1.29 is 104 Å². The van der Waals surface area contributed by atoms with E-state index in [-0.39, 0.29) is 50.2 Å². The summed E-state index contributed by atoms with van der Waals surface area (Å²) in [5.41, 5.74) is 13.2. The number of alkyl halides is 12. The van der Waals surface area contributed by atoms with E-state index in [9.17, 15) is 79.5 Å². The zero-order chi connectivity index (χ0) is 95.0. The van der Waals surface area contributed by atoms with E-state index < -0.39 is 103 Å². The van der Waals surface area contributed by atoms with Crippen LogP contribution in [-0.4, -0.2) is 153 Å². The van der Waals surface area contributed by atoms with Crippen LogP contribution in [0.3, 0.4) is 0 Å². The molecule has 8 N–H and O–H groups in total. The fraction of sp³-hybridized carbons (Fsp3) is 0.367. The quantitative estimate of drug-likeness (QED) is 0.0302. The number of sulfonamides is 2. The Labute approximate surface area is 746 Å². The first kappa shape index (κ1) is 108. The number of rotatable bonds is 14. The van der Waals surface area contributed by atoms with Gasteiger partial charge in [0.25, 0.3) is 31.9 Å². The third-order valence-corrected chi connectivity index (χ3v) is 21.2. The number of fused-ring (bicyclic) bond motifs is 3. The smallest absolute Gasteiger partial charge is 0.481 e. The number of nitrogens with one attached hydrogen (secondary N) is 4. The van der Waals surface area contributed by atoms with Crippen molar-refractivity contribution >= 4 is 139 Å². The molecular formula is C79H92BBr4F11N16O12S2. The number of hydrogen-bond donors (Lipinski definition) is 7. The van der Waals surface area contributed by atoms with Gasteiger partial charge in [-0.2, -0.15) is 48.3 Å². The Hall–Kier alpha value is -9.71. The fourth-order valence-corrected chi connectivity index (χ4v) is 13.6. The summed E-state index contributed by atoms with van der Waals surface area (Å²) >= 11 is 11.0. The number of aryl methyl sites for hydroxylation is 10. The third kappa shape index (κ3) is 32.6. The maximum absolute atomic E-state index is 13.8. The average Bonchev–Trinajstić information content (AvgIpc) is 1.63. The molecule has 12 rings (SSSR count). The standard InChI is InChI=1S/C25H24F3N5O3S.C22H29BN2O5S.C10H10BrF2N3.C9H8F3N3.C6H9N3.C3H2BrF3O.C2H4O2.C2H6O.Br2/c1-15-4-10-20(11-5-15)37(35,36)32-24(34)29-13-12-18-6-8-19(9-7-18)21-22(25(26,27)28)31-23-17(3)30-16(2)14-33(21)23;1-16-6-12-19(13-7-16)31(27,28)25-20(26)24-15-14-17-8-10-18(11-9-17)23-29-21(2,3)22(4,5)30-23;1-5-4-16-8(11)7(10(3,12)13)15-9(16)6(2)14-5;1-5-3-15-4-7(9(10,11)12)14-8(15)6(2)13-5;1-4-3-8-6(7)5(2)9-4;4-1-2(8)3(5,6)7;1-2(3)4;1-2-3;1-2/h4-11,14H,12-13H2,1-3H3,(H2,29,32,34);6-13H,14-15H2,1-5H3,(H2,24,25,26);4H,1-3H3;3-4H,1-2H3;3H,1-2H3,(H2,7,8);1H2;1H3,(H,3,4);3H,2H2,1H3;. The molecule has 4 amide bonds. The van der Waals surface area contributed by atoms with E-state index in [1.807, 2.05) is 96.0 Å². The maximum Gasteiger partial charge on any atom is 0.494 e. The summed E-state index contributed by atoms with van der Waals surface area (Å²) in [6, 6.07) is 24.9. The summed E-state index contributed by atoms with van der Waals surface area (Å²) in [7, 11) is -8.33. The molecule has 1 saturated heterocycles. The van der Waals surface area contributed by atoms with Crippen LogP contribution in [0.4, 0.5) is 63.7 Å². The van der Waals surface area contributed by atoms with Crippen molar-refractivity contribution in [1.29, 1.82) is 0 Å². The Morgan fingerprint density at radius 2 is 0.928 bits per heavy atom. The lowest BCUT2D eigenvalue weighted by Gasteiger charge is -2.32. The number of carboxylic acid groups (broad SMARTS) is 1.